The highest BCUT2D eigenvalue weighted by atomic mass is 35.5. The van der Waals surface area contributed by atoms with Gasteiger partial charge in [-0.2, -0.15) is 13.2 Å². The molecule has 34 heavy (non-hydrogen) atoms. The van der Waals surface area contributed by atoms with Crippen molar-refractivity contribution in [3.05, 3.63) is 74.8 Å². The molecule has 182 valence electrons. The van der Waals surface area contributed by atoms with Crippen molar-refractivity contribution in [2.75, 3.05) is 0 Å². The number of aldehydes is 1. The molecule has 0 aliphatic rings. The number of allylic oxidation sites excluding steroid dienone is 1. The third-order valence-electron chi connectivity index (χ3n) is 5.19. The molecule has 2 atom stereocenters. The van der Waals surface area contributed by atoms with Crippen LogP contribution in [0.25, 0.3) is 6.08 Å². The number of Topliss-reactive ketones (excluding diaryl/α,β-unsaturated/α-hetero) is 1. The maximum absolute atomic E-state index is 13.7. The second-order valence-corrected chi connectivity index (χ2v) is 8.72. The Morgan fingerprint density at radius 2 is 1.74 bits per heavy atom. The maximum Gasteiger partial charge on any atom is 0.399 e. The third kappa shape index (κ3) is 7.99. The van der Waals surface area contributed by atoms with Crippen LogP contribution in [0, 0.1) is 6.92 Å². The zero-order valence-corrected chi connectivity index (χ0v) is 20.1. The summed E-state index contributed by atoms with van der Waals surface area (Å²) in [6.45, 7) is 3.48. The maximum atomic E-state index is 13.7. The van der Waals surface area contributed by atoms with E-state index in [1.54, 1.807) is 13.0 Å². The van der Waals surface area contributed by atoms with Crippen LogP contribution in [0.2, 0.25) is 10.0 Å². The summed E-state index contributed by atoms with van der Waals surface area (Å²) in [6.07, 6.45) is -1.34. The number of carbonyl (C=O) groups excluding carboxylic acids is 3. The van der Waals surface area contributed by atoms with Gasteiger partial charge in [-0.25, -0.2) is 0 Å². The number of hydrogen-bond acceptors (Lipinski definition) is 3. The van der Waals surface area contributed by atoms with Crippen LogP contribution in [-0.4, -0.2) is 30.2 Å². The number of alkyl halides is 3. The fraction of sp³-hybridized carbons (Fsp3) is 0.320. The highest BCUT2D eigenvalue weighted by Crippen LogP contribution is 2.38. The smallest absolute Gasteiger partial charge is 0.349 e. The summed E-state index contributed by atoms with van der Waals surface area (Å²) in [5.41, 5.74) is 1.30. The van der Waals surface area contributed by atoms with Crippen LogP contribution in [0.3, 0.4) is 0 Å². The predicted molar refractivity (Wildman–Crippen MR) is 127 cm³/mol. The normalized spacial score (nSPS) is 13.5. The third-order valence-corrected chi connectivity index (χ3v) is 5.62. The average Bonchev–Trinajstić information content (AvgIpc) is 2.71. The van der Waals surface area contributed by atoms with Crippen molar-refractivity contribution in [3.8, 4) is 0 Å². The molecular formula is C25H24Cl2F3NO3. The zero-order chi connectivity index (χ0) is 25.5. The van der Waals surface area contributed by atoms with E-state index in [2.05, 4.69) is 5.32 Å². The van der Waals surface area contributed by atoms with Gasteiger partial charge in [0.2, 0.25) is 0 Å². The highest BCUT2D eigenvalue weighted by Gasteiger charge is 2.39. The average molecular weight is 514 g/mol. The van der Waals surface area contributed by atoms with Gasteiger partial charge in [-0.05, 0) is 54.3 Å². The van der Waals surface area contributed by atoms with E-state index in [1.807, 2.05) is 6.92 Å². The van der Waals surface area contributed by atoms with Gasteiger partial charge in [-0.15, -0.1) is 0 Å². The van der Waals surface area contributed by atoms with Gasteiger partial charge in [-0.3, -0.25) is 9.59 Å². The summed E-state index contributed by atoms with van der Waals surface area (Å²) in [6, 6.07) is 8.03. The minimum Gasteiger partial charge on any atom is -0.349 e. The van der Waals surface area contributed by atoms with Crippen LogP contribution in [-0.2, 0) is 9.59 Å². The number of hydrogen-bond donors (Lipinski definition) is 1. The second-order valence-electron chi connectivity index (χ2n) is 7.85. The minimum atomic E-state index is -4.56. The molecule has 0 fully saturated rings. The van der Waals surface area contributed by atoms with Crippen LogP contribution in [0.1, 0.15) is 59.2 Å². The predicted octanol–water partition coefficient (Wildman–Crippen LogP) is 6.72. The fourth-order valence-corrected chi connectivity index (χ4v) is 3.97. The number of ketones is 1. The van der Waals surface area contributed by atoms with Gasteiger partial charge in [0.15, 0.2) is 0 Å². The SMILES string of the molecule is CCC(CC(=O)CC=O)NC(=O)c1ccc(/C=C/C(c2cc(Cl)cc(Cl)c2)C(F)(F)F)cc1C. The van der Waals surface area contributed by atoms with E-state index in [4.69, 9.17) is 23.2 Å². The van der Waals surface area contributed by atoms with Crippen LogP contribution >= 0.6 is 23.2 Å². The van der Waals surface area contributed by atoms with Crippen molar-refractivity contribution < 1.29 is 27.6 Å². The number of nitrogens with one attached hydrogen (secondary N) is 1. The molecule has 2 aromatic rings. The molecule has 2 rings (SSSR count). The lowest BCUT2D eigenvalue weighted by atomic mass is 9.96. The summed E-state index contributed by atoms with van der Waals surface area (Å²) in [5.74, 6) is -2.58. The second kappa shape index (κ2) is 12.2. The van der Waals surface area contributed by atoms with E-state index in [1.165, 1.54) is 36.4 Å². The number of aryl methyl sites for hydroxylation is 1. The molecule has 2 aromatic carbocycles. The molecule has 0 bridgehead atoms. The van der Waals surface area contributed by atoms with Crippen molar-refractivity contribution in [3.63, 3.8) is 0 Å². The quantitative estimate of drug-likeness (QED) is 0.283. The monoisotopic (exact) mass is 513 g/mol. The Labute approximate surface area is 206 Å². The Bertz CT molecular complexity index is 1060. The van der Waals surface area contributed by atoms with Gasteiger partial charge in [0, 0.05) is 28.1 Å². The van der Waals surface area contributed by atoms with Gasteiger partial charge in [0.05, 0.1) is 12.3 Å². The first-order valence-electron chi connectivity index (χ1n) is 10.5. The largest absolute Gasteiger partial charge is 0.399 e. The molecule has 4 nitrogen and oxygen atoms in total. The lowest BCUT2D eigenvalue weighted by Gasteiger charge is -2.18. The van der Waals surface area contributed by atoms with Crippen molar-refractivity contribution in [1.82, 2.24) is 5.32 Å². The van der Waals surface area contributed by atoms with Gasteiger partial charge in [0.25, 0.3) is 5.91 Å². The van der Waals surface area contributed by atoms with Crippen molar-refractivity contribution >= 4 is 47.3 Å². The van der Waals surface area contributed by atoms with Crippen molar-refractivity contribution in [2.24, 2.45) is 0 Å². The number of carbonyl (C=O) groups is 3. The number of rotatable bonds is 10. The molecular weight excluding hydrogens is 490 g/mol. The van der Waals surface area contributed by atoms with Crippen LogP contribution in [0.4, 0.5) is 13.2 Å². The highest BCUT2D eigenvalue weighted by molar-refractivity contribution is 6.34. The van der Waals surface area contributed by atoms with E-state index in [0.29, 0.717) is 29.4 Å². The molecule has 2 unspecified atom stereocenters. The molecule has 1 amide bonds. The molecule has 0 heterocycles. The molecule has 1 N–H and O–H groups in total. The zero-order valence-electron chi connectivity index (χ0n) is 18.6. The molecule has 9 heteroatoms. The van der Waals surface area contributed by atoms with Gasteiger partial charge < -0.3 is 10.1 Å². The first-order valence-corrected chi connectivity index (χ1v) is 11.3. The van der Waals surface area contributed by atoms with Crippen LogP contribution < -0.4 is 5.32 Å². The molecule has 0 aliphatic carbocycles. The first-order chi connectivity index (χ1) is 15.9. The van der Waals surface area contributed by atoms with Crippen molar-refractivity contribution in [1.29, 1.82) is 0 Å². The molecule has 0 saturated carbocycles. The summed E-state index contributed by atoms with van der Waals surface area (Å²) in [7, 11) is 0. The van der Waals surface area contributed by atoms with Gasteiger partial charge in [0.1, 0.15) is 12.1 Å². The summed E-state index contributed by atoms with van der Waals surface area (Å²) >= 11 is 11.7. The number of amides is 1. The van der Waals surface area contributed by atoms with Crippen LogP contribution in [0.15, 0.2) is 42.5 Å². The number of benzene rings is 2. The Balaban J connectivity index is 2.21. The molecule has 0 radical (unpaired) electrons. The van der Waals surface area contributed by atoms with E-state index in [9.17, 15) is 27.6 Å². The summed E-state index contributed by atoms with van der Waals surface area (Å²) in [4.78, 5) is 34.8. The molecule has 0 saturated heterocycles. The van der Waals surface area contributed by atoms with Crippen molar-refractivity contribution in [2.45, 2.75) is 51.2 Å². The van der Waals surface area contributed by atoms with Gasteiger partial charge in [-0.1, -0.05) is 54.4 Å². The van der Waals surface area contributed by atoms with Gasteiger partial charge >= 0.3 is 6.18 Å². The molecule has 0 aliphatic heterocycles. The lowest BCUT2D eigenvalue weighted by molar-refractivity contribution is -0.139. The Morgan fingerprint density at radius 3 is 2.26 bits per heavy atom. The topological polar surface area (TPSA) is 63.2 Å². The lowest BCUT2D eigenvalue weighted by Crippen LogP contribution is -2.36. The van der Waals surface area contributed by atoms with E-state index in [-0.39, 0.29) is 34.2 Å². The fourth-order valence-electron chi connectivity index (χ4n) is 3.43. The number of halogens is 5. The van der Waals surface area contributed by atoms with E-state index in [0.717, 1.165) is 6.08 Å². The standard InChI is InChI=1S/C25H24Cl2F3NO3/c1-3-20(14-21(33)8-9-32)31-24(34)22-6-4-16(10-15(22)2)5-7-23(25(28,29)30)17-11-18(26)13-19(27)12-17/h4-7,9-13,20,23H,3,8,14H2,1-2H3,(H,31,34)/b7-5+. The van der Waals surface area contributed by atoms with E-state index >= 15 is 0 Å². The Morgan fingerprint density at radius 1 is 1.09 bits per heavy atom. The molecule has 0 spiro atoms. The summed E-state index contributed by atoms with van der Waals surface area (Å²) in [5, 5.41) is 2.98. The summed E-state index contributed by atoms with van der Waals surface area (Å²) < 4.78 is 41.0. The Kier molecular flexibility index (Phi) is 9.89. The minimum absolute atomic E-state index is 0.0488. The molecule has 0 aromatic heterocycles. The van der Waals surface area contributed by atoms with Crippen LogP contribution in [0.5, 0.6) is 0 Å². The Hall–Kier alpha value is -2.64. The first kappa shape index (κ1) is 27.6. The van der Waals surface area contributed by atoms with E-state index < -0.39 is 24.0 Å².